The second-order valence-electron chi connectivity index (χ2n) is 6.55. The van der Waals surface area contributed by atoms with Crippen molar-refractivity contribution < 1.29 is 4.74 Å². The maximum Gasteiger partial charge on any atom is 0.191 e. The molecule has 0 unspecified atom stereocenters. The Morgan fingerprint density at radius 2 is 1.93 bits per heavy atom. The fourth-order valence-corrected chi connectivity index (χ4v) is 2.64. The molecule has 0 aliphatic heterocycles. The first-order valence-corrected chi connectivity index (χ1v) is 9.75. The summed E-state index contributed by atoms with van der Waals surface area (Å²) >= 11 is 0. The predicted molar refractivity (Wildman–Crippen MR) is 125 cm³/mol. The van der Waals surface area contributed by atoms with E-state index in [4.69, 9.17) is 4.74 Å². The Kier molecular flexibility index (Phi) is 11.5. The van der Waals surface area contributed by atoms with E-state index in [2.05, 4.69) is 65.7 Å². The van der Waals surface area contributed by atoms with Gasteiger partial charge in [0.25, 0.3) is 0 Å². The monoisotopic (exact) mass is 500 g/mol. The SMILES string of the molecule is CCNC(=NCCn1cnnc1CC)NCCOc1ccc(C(C)C)cc1.I. The molecule has 1 heterocycles. The first-order valence-electron chi connectivity index (χ1n) is 9.75. The van der Waals surface area contributed by atoms with Crippen LogP contribution in [0.2, 0.25) is 0 Å². The van der Waals surface area contributed by atoms with Gasteiger partial charge in [0.2, 0.25) is 0 Å². The van der Waals surface area contributed by atoms with Crippen LogP contribution in [0.1, 0.15) is 45.0 Å². The highest BCUT2D eigenvalue weighted by Gasteiger charge is 2.02. The van der Waals surface area contributed by atoms with E-state index in [0.717, 1.165) is 37.0 Å². The lowest BCUT2D eigenvalue weighted by Crippen LogP contribution is -2.39. The minimum atomic E-state index is 0. The topological polar surface area (TPSA) is 76.4 Å². The van der Waals surface area contributed by atoms with Gasteiger partial charge in [-0.1, -0.05) is 32.9 Å². The molecule has 0 atom stereocenters. The lowest BCUT2D eigenvalue weighted by Gasteiger charge is -2.13. The van der Waals surface area contributed by atoms with E-state index in [9.17, 15) is 0 Å². The molecule has 156 valence electrons. The number of ether oxygens (including phenoxy) is 1. The second kappa shape index (κ2) is 13.4. The summed E-state index contributed by atoms with van der Waals surface area (Å²) in [6, 6.07) is 8.29. The Labute approximate surface area is 185 Å². The van der Waals surface area contributed by atoms with Crippen LogP contribution in [0.3, 0.4) is 0 Å². The molecule has 1 aromatic heterocycles. The van der Waals surface area contributed by atoms with E-state index < -0.39 is 0 Å². The summed E-state index contributed by atoms with van der Waals surface area (Å²) < 4.78 is 7.84. The highest BCUT2D eigenvalue weighted by atomic mass is 127. The molecular formula is C20H33IN6O. The molecule has 0 aliphatic rings. The third-order valence-corrected chi connectivity index (χ3v) is 4.18. The normalized spacial score (nSPS) is 11.2. The van der Waals surface area contributed by atoms with Crippen molar-refractivity contribution in [2.75, 3.05) is 26.2 Å². The molecule has 0 spiro atoms. The van der Waals surface area contributed by atoms with Crippen molar-refractivity contribution in [2.24, 2.45) is 4.99 Å². The predicted octanol–water partition coefficient (Wildman–Crippen LogP) is 3.22. The zero-order chi connectivity index (χ0) is 19.5. The van der Waals surface area contributed by atoms with E-state index in [-0.39, 0.29) is 24.0 Å². The van der Waals surface area contributed by atoms with E-state index in [1.54, 1.807) is 6.33 Å². The molecule has 2 N–H and O–H groups in total. The zero-order valence-corrected chi connectivity index (χ0v) is 19.6. The van der Waals surface area contributed by atoms with Gasteiger partial charge in [-0.2, -0.15) is 0 Å². The number of halogens is 1. The maximum atomic E-state index is 5.80. The van der Waals surface area contributed by atoms with Crippen molar-refractivity contribution in [1.82, 2.24) is 25.4 Å². The Morgan fingerprint density at radius 3 is 2.57 bits per heavy atom. The molecule has 2 rings (SSSR count). The van der Waals surface area contributed by atoms with Gasteiger partial charge in [0.05, 0.1) is 13.1 Å². The molecule has 8 heteroatoms. The summed E-state index contributed by atoms with van der Waals surface area (Å²) in [5, 5.41) is 14.6. The molecule has 0 fully saturated rings. The summed E-state index contributed by atoms with van der Waals surface area (Å²) in [6.07, 6.45) is 2.63. The Morgan fingerprint density at radius 1 is 1.18 bits per heavy atom. The van der Waals surface area contributed by atoms with Gasteiger partial charge in [0, 0.05) is 19.5 Å². The van der Waals surface area contributed by atoms with Gasteiger partial charge in [0.15, 0.2) is 5.96 Å². The molecule has 2 aromatic rings. The van der Waals surface area contributed by atoms with Crippen molar-refractivity contribution in [3.63, 3.8) is 0 Å². The van der Waals surface area contributed by atoms with Crippen LogP contribution in [-0.2, 0) is 13.0 Å². The highest BCUT2D eigenvalue weighted by molar-refractivity contribution is 14.0. The molecule has 7 nitrogen and oxygen atoms in total. The molecule has 0 amide bonds. The van der Waals surface area contributed by atoms with Gasteiger partial charge in [-0.25, -0.2) is 0 Å². The minimum Gasteiger partial charge on any atom is -0.492 e. The summed E-state index contributed by atoms with van der Waals surface area (Å²) in [4.78, 5) is 4.60. The van der Waals surface area contributed by atoms with E-state index >= 15 is 0 Å². The van der Waals surface area contributed by atoms with Crippen LogP contribution >= 0.6 is 24.0 Å². The fraction of sp³-hybridized carbons (Fsp3) is 0.550. The van der Waals surface area contributed by atoms with Gasteiger partial charge in [0.1, 0.15) is 24.5 Å². The number of nitrogens with zero attached hydrogens (tertiary/aromatic N) is 4. The molecular weight excluding hydrogens is 467 g/mol. The lowest BCUT2D eigenvalue weighted by molar-refractivity contribution is 0.322. The second-order valence-corrected chi connectivity index (χ2v) is 6.55. The number of nitrogens with one attached hydrogen (secondary N) is 2. The highest BCUT2D eigenvalue weighted by Crippen LogP contribution is 2.18. The van der Waals surface area contributed by atoms with Gasteiger partial charge < -0.3 is 19.9 Å². The average Bonchev–Trinajstić information content (AvgIpc) is 3.13. The van der Waals surface area contributed by atoms with Crippen molar-refractivity contribution in [3.8, 4) is 5.75 Å². The Bertz CT molecular complexity index is 699. The first-order chi connectivity index (χ1) is 13.1. The number of benzene rings is 1. The van der Waals surface area contributed by atoms with Crippen LogP contribution < -0.4 is 15.4 Å². The summed E-state index contributed by atoms with van der Waals surface area (Å²) in [6.45, 7) is 12.0. The van der Waals surface area contributed by atoms with Gasteiger partial charge in [-0.3, -0.25) is 4.99 Å². The van der Waals surface area contributed by atoms with E-state index in [1.165, 1.54) is 5.56 Å². The van der Waals surface area contributed by atoms with Crippen molar-refractivity contribution in [1.29, 1.82) is 0 Å². The van der Waals surface area contributed by atoms with Crippen LogP contribution in [0, 0.1) is 0 Å². The molecule has 0 aliphatic carbocycles. The van der Waals surface area contributed by atoms with Crippen molar-refractivity contribution >= 4 is 29.9 Å². The summed E-state index contributed by atoms with van der Waals surface area (Å²) in [5.74, 6) is 3.20. The van der Waals surface area contributed by atoms with Crippen LogP contribution in [-0.4, -0.2) is 47.0 Å². The largest absolute Gasteiger partial charge is 0.492 e. The van der Waals surface area contributed by atoms with Crippen LogP contribution in [0.25, 0.3) is 0 Å². The van der Waals surface area contributed by atoms with Crippen LogP contribution in [0.4, 0.5) is 0 Å². The number of hydrogen-bond acceptors (Lipinski definition) is 4. The van der Waals surface area contributed by atoms with Gasteiger partial charge in [-0.05, 0) is 30.5 Å². The van der Waals surface area contributed by atoms with Crippen molar-refractivity contribution in [3.05, 3.63) is 42.0 Å². The average molecular weight is 500 g/mol. The van der Waals surface area contributed by atoms with Gasteiger partial charge >= 0.3 is 0 Å². The number of hydrogen-bond donors (Lipinski definition) is 2. The van der Waals surface area contributed by atoms with E-state index in [1.807, 2.05) is 16.7 Å². The number of aliphatic imine (C=N–C) groups is 1. The quantitative estimate of drug-likeness (QED) is 0.227. The molecule has 0 radical (unpaired) electrons. The van der Waals surface area contributed by atoms with Crippen LogP contribution in [0.5, 0.6) is 5.75 Å². The number of rotatable bonds is 10. The number of aromatic nitrogens is 3. The molecule has 0 saturated carbocycles. The fourth-order valence-electron chi connectivity index (χ4n) is 2.64. The first kappa shape index (κ1) is 24.2. The third-order valence-electron chi connectivity index (χ3n) is 4.18. The Balaban J connectivity index is 0.00000392. The molecule has 28 heavy (non-hydrogen) atoms. The number of guanidine groups is 1. The maximum absolute atomic E-state index is 5.80. The zero-order valence-electron chi connectivity index (χ0n) is 17.3. The third kappa shape index (κ3) is 8.04. The standard InChI is InChI=1S/C20H32N6O.HI/c1-5-19-25-24-15-26(19)13-11-22-20(21-6-2)23-12-14-27-18-9-7-17(8-10-18)16(3)4;/h7-10,15-16H,5-6,11-14H2,1-4H3,(H2,21,22,23);1H. The van der Waals surface area contributed by atoms with Gasteiger partial charge in [-0.15, -0.1) is 34.2 Å². The lowest BCUT2D eigenvalue weighted by atomic mass is 10.0. The number of aryl methyl sites for hydroxylation is 1. The van der Waals surface area contributed by atoms with Crippen molar-refractivity contribution in [2.45, 2.75) is 46.6 Å². The molecule has 0 saturated heterocycles. The smallest absolute Gasteiger partial charge is 0.191 e. The minimum absolute atomic E-state index is 0. The summed E-state index contributed by atoms with van der Waals surface area (Å²) in [7, 11) is 0. The van der Waals surface area contributed by atoms with E-state index in [0.29, 0.717) is 25.6 Å². The Hall–Kier alpha value is -1.84. The van der Waals surface area contributed by atoms with Crippen LogP contribution in [0.15, 0.2) is 35.6 Å². The molecule has 0 bridgehead atoms. The summed E-state index contributed by atoms with van der Waals surface area (Å²) in [5.41, 5.74) is 1.32. The molecule has 1 aromatic carbocycles.